The van der Waals surface area contributed by atoms with Crippen LogP contribution in [0.4, 0.5) is 0 Å². The molecule has 27 heavy (non-hydrogen) atoms. The highest BCUT2D eigenvalue weighted by Crippen LogP contribution is 2.30. The zero-order chi connectivity index (χ0) is 19.3. The highest BCUT2D eigenvalue weighted by molar-refractivity contribution is 7.89. The van der Waals surface area contributed by atoms with E-state index in [4.69, 9.17) is 4.74 Å². The van der Waals surface area contributed by atoms with Crippen LogP contribution < -0.4 is 0 Å². The van der Waals surface area contributed by atoms with Gasteiger partial charge in [-0.3, -0.25) is 0 Å². The Hall–Kier alpha value is -1.77. The van der Waals surface area contributed by atoms with Crippen LogP contribution in [0, 0.1) is 0 Å². The first kappa shape index (κ1) is 20.0. The molecule has 0 saturated heterocycles. The molecule has 1 aromatic heterocycles. The Bertz CT molecular complexity index is 859. The summed E-state index contributed by atoms with van der Waals surface area (Å²) in [7, 11) is -3.64. The van der Waals surface area contributed by atoms with E-state index in [0.717, 1.165) is 32.1 Å². The van der Waals surface area contributed by atoms with E-state index in [0.29, 0.717) is 5.01 Å². The van der Waals surface area contributed by atoms with Crippen molar-refractivity contribution in [3.63, 3.8) is 0 Å². The lowest BCUT2D eigenvalue weighted by Gasteiger charge is -2.32. The Morgan fingerprint density at radius 1 is 1.22 bits per heavy atom. The Kier molecular flexibility index (Phi) is 6.62. The van der Waals surface area contributed by atoms with Gasteiger partial charge in [-0.25, -0.2) is 18.2 Å². The van der Waals surface area contributed by atoms with Crippen molar-refractivity contribution in [3.8, 4) is 0 Å². The number of thiazole rings is 1. The molecule has 2 aromatic rings. The lowest BCUT2D eigenvalue weighted by Crippen LogP contribution is -2.40. The maximum absolute atomic E-state index is 13.3. The fourth-order valence-electron chi connectivity index (χ4n) is 3.32. The Balaban J connectivity index is 1.88. The average molecular weight is 409 g/mol. The molecule has 1 fully saturated rings. The Morgan fingerprint density at radius 3 is 2.59 bits per heavy atom. The van der Waals surface area contributed by atoms with Crippen molar-refractivity contribution in [1.29, 1.82) is 0 Å². The number of ether oxygens (including phenoxy) is 1. The Morgan fingerprint density at radius 2 is 1.93 bits per heavy atom. The number of esters is 1. The number of aromatic nitrogens is 1. The highest BCUT2D eigenvalue weighted by Gasteiger charge is 2.33. The van der Waals surface area contributed by atoms with Gasteiger partial charge in [0.05, 0.1) is 18.0 Å². The molecule has 146 valence electrons. The average Bonchev–Trinajstić information content (AvgIpc) is 3.16. The van der Waals surface area contributed by atoms with Gasteiger partial charge in [0, 0.05) is 11.4 Å². The third kappa shape index (κ3) is 4.75. The Labute approximate surface area is 164 Å². The zero-order valence-electron chi connectivity index (χ0n) is 15.3. The van der Waals surface area contributed by atoms with Crippen molar-refractivity contribution in [1.82, 2.24) is 9.29 Å². The second-order valence-corrected chi connectivity index (χ2v) is 9.34. The summed E-state index contributed by atoms with van der Waals surface area (Å²) in [6.45, 7) is 2.19. The first-order valence-corrected chi connectivity index (χ1v) is 11.5. The molecule has 1 aliphatic carbocycles. The number of benzene rings is 1. The number of sulfonamides is 1. The molecule has 1 saturated carbocycles. The molecule has 0 radical (unpaired) electrons. The summed E-state index contributed by atoms with van der Waals surface area (Å²) in [6.07, 6.45) is 4.89. The molecular weight excluding hydrogens is 384 g/mol. The zero-order valence-corrected chi connectivity index (χ0v) is 17.0. The van der Waals surface area contributed by atoms with E-state index < -0.39 is 16.0 Å². The third-order valence-electron chi connectivity index (χ3n) is 4.66. The molecular formula is C19H24N2O4S2. The van der Waals surface area contributed by atoms with Gasteiger partial charge in [-0.2, -0.15) is 4.31 Å². The molecule has 0 atom stereocenters. The monoisotopic (exact) mass is 408 g/mol. The topological polar surface area (TPSA) is 76.6 Å². The van der Waals surface area contributed by atoms with Crippen LogP contribution in [0.15, 0.2) is 40.6 Å². The standard InChI is InChI=1S/C19H24N2O4S2/c1-2-25-19(22)17-14-26-18(20-17)13-21(15-9-5-3-6-10-15)27(23,24)16-11-7-4-8-12-16/h4,7-8,11-12,14-15H,2-3,5-6,9-10,13H2,1H3. The molecule has 0 unspecified atom stereocenters. The number of rotatable bonds is 7. The lowest BCUT2D eigenvalue weighted by molar-refractivity contribution is 0.0520. The molecule has 0 aliphatic heterocycles. The molecule has 8 heteroatoms. The van der Waals surface area contributed by atoms with E-state index >= 15 is 0 Å². The van der Waals surface area contributed by atoms with Crippen molar-refractivity contribution in [2.45, 2.75) is 56.5 Å². The first-order valence-electron chi connectivity index (χ1n) is 9.20. The maximum Gasteiger partial charge on any atom is 0.357 e. The van der Waals surface area contributed by atoms with Gasteiger partial charge >= 0.3 is 5.97 Å². The number of carbonyl (C=O) groups is 1. The number of hydrogen-bond donors (Lipinski definition) is 0. The predicted octanol–water partition coefficient (Wildman–Crippen LogP) is 3.84. The summed E-state index contributed by atoms with van der Waals surface area (Å²) in [5.74, 6) is -0.477. The van der Waals surface area contributed by atoms with Crippen LogP contribution in [-0.2, 0) is 21.3 Å². The van der Waals surface area contributed by atoms with Crippen LogP contribution in [0.2, 0.25) is 0 Å². The van der Waals surface area contributed by atoms with Crippen LogP contribution in [0.5, 0.6) is 0 Å². The second-order valence-electron chi connectivity index (χ2n) is 6.50. The van der Waals surface area contributed by atoms with E-state index in [2.05, 4.69) is 4.98 Å². The third-order valence-corrected chi connectivity index (χ3v) is 7.41. The van der Waals surface area contributed by atoms with E-state index in [9.17, 15) is 13.2 Å². The predicted molar refractivity (Wildman–Crippen MR) is 104 cm³/mol. The van der Waals surface area contributed by atoms with E-state index in [1.807, 2.05) is 0 Å². The van der Waals surface area contributed by atoms with Crippen molar-refractivity contribution in [2.24, 2.45) is 0 Å². The SMILES string of the molecule is CCOC(=O)c1csc(CN(C2CCCCC2)S(=O)(=O)c2ccccc2)n1. The molecule has 0 spiro atoms. The molecule has 6 nitrogen and oxygen atoms in total. The van der Waals surface area contributed by atoms with Gasteiger partial charge < -0.3 is 4.74 Å². The lowest BCUT2D eigenvalue weighted by atomic mass is 9.95. The van der Waals surface area contributed by atoms with Gasteiger partial charge in [-0.15, -0.1) is 11.3 Å². The fourth-order valence-corrected chi connectivity index (χ4v) is 5.83. The van der Waals surface area contributed by atoms with Crippen LogP contribution in [-0.4, -0.2) is 36.3 Å². The quantitative estimate of drug-likeness (QED) is 0.651. The summed E-state index contributed by atoms with van der Waals surface area (Å²) in [5, 5.41) is 2.23. The smallest absolute Gasteiger partial charge is 0.357 e. The van der Waals surface area contributed by atoms with Gasteiger partial charge in [0.25, 0.3) is 0 Å². The van der Waals surface area contributed by atoms with Gasteiger partial charge in [0.2, 0.25) is 10.0 Å². The van der Waals surface area contributed by atoms with E-state index in [1.54, 1.807) is 46.9 Å². The van der Waals surface area contributed by atoms with Gasteiger partial charge in [0.15, 0.2) is 5.69 Å². The van der Waals surface area contributed by atoms with Crippen molar-refractivity contribution < 1.29 is 17.9 Å². The number of hydrogen-bond acceptors (Lipinski definition) is 6. The van der Waals surface area contributed by atoms with Crippen LogP contribution >= 0.6 is 11.3 Å². The van der Waals surface area contributed by atoms with E-state index in [-0.39, 0.29) is 29.8 Å². The van der Waals surface area contributed by atoms with Gasteiger partial charge in [-0.05, 0) is 31.9 Å². The van der Waals surface area contributed by atoms with Gasteiger partial charge in [-0.1, -0.05) is 37.5 Å². The molecule has 0 bridgehead atoms. The van der Waals surface area contributed by atoms with Crippen molar-refractivity contribution in [2.75, 3.05) is 6.61 Å². The normalized spacial score (nSPS) is 15.8. The molecule has 1 aromatic carbocycles. The molecule has 0 amide bonds. The summed E-state index contributed by atoms with van der Waals surface area (Å²) < 4.78 is 33.1. The molecule has 1 heterocycles. The van der Waals surface area contributed by atoms with Crippen LogP contribution in [0.25, 0.3) is 0 Å². The largest absolute Gasteiger partial charge is 0.461 e. The van der Waals surface area contributed by atoms with E-state index in [1.165, 1.54) is 11.3 Å². The first-order chi connectivity index (χ1) is 13.0. The molecule has 1 aliphatic rings. The number of nitrogens with zero attached hydrogens (tertiary/aromatic N) is 2. The van der Waals surface area contributed by atoms with Crippen molar-refractivity contribution in [3.05, 3.63) is 46.4 Å². The number of carbonyl (C=O) groups excluding carboxylic acids is 1. The maximum atomic E-state index is 13.3. The van der Waals surface area contributed by atoms with Crippen molar-refractivity contribution >= 4 is 27.3 Å². The summed E-state index contributed by atoms with van der Waals surface area (Å²) in [5.41, 5.74) is 0.234. The molecule has 3 rings (SSSR count). The minimum atomic E-state index is -3.64. The summed E-state index contributed by atoms with van der Waals surface area (Å²) in [6, 6.07) is 8.46. The van der Waals surface area contributed by atoms with Crippen LogP contribution in [0.1, 0.15) is 54.5 Å². The second kappa shape index (κ2) is 8.95. The molecule has 0 N–H and O–H groups in total. The summed E-state index contributed by atoms with van der Waals surface area (Å²) >= 11 is 1.29. The van der Waals surface area contributed by atoms with Crippen LogP contribution in [0.3, 0.4) is 0 Å². The highest BCUT2D eigenvalue weighted by atomic mass is 32.2. The summed E-state index contributed by atoms with van der Waals surface area (Å²) in [4.78, 5) is 16.5. The van der Waals surface area contributed by atoms with Gasteiger partial charge in [0.1, 0.15) is 5.01 Å². The minimum Gasteiger partial charge on any atom is -0.461 e. The minimum absolute atomic E-state index is 0.0427. The fraction of sp³-hybridized carbons (Fsp3) is 0.474.